The molecule has 92 valence electrons. The molecule has 2 aromatic carbocycles. The summed E-state index contributed by atoms with van der Waals surface area (Å²) in [6, 6.07) is 17.7. The van der Waals surface area contributed by atoms with Crippen molar-refractivity contribution >= 4 is 21.6 Å². The number of halogens is 1. The van der Waals surface area contributed by atoms with Gasteiger partial charge in [0.05, 0.1) is 0 Å². The zero-order valence-corrected chi connectivity index (χ0v) is 11.8. The Bertz CT molecular complexity index is 536. The summed E-state index contributed by atoms with van der Waals surface area (Å²) in [4.78, 5) is 0. The van der Waals surface area contributed by atoms with Gasteiger partial charge in [0.15, 0.2) is 0 Å². The molecule has 1 nitrogen and oxygen atoms in total. The number of rotatable bonds is 2. The lowest BCUT2D eigenvalue weighted by molar-refractivity contribution is 0.610. The number of anilines is 1. The molecular weight excluding hydrogens is 286 g/mol. The highest BCUT2D eigenvalue weighted by molar-refractivity contribution is 9.10. The predicted molar refractivity (Wildman–Crippen MR) is 80.0 cm³/mol. The average Bonchev–Trinajstić information content (AvgIpc) is 2.40. The van der Waals surface area contributed by atoms with E-state index in [9.17, 15) is 0 Å². The Balaban J connectivity index is 1.73. The molecule has 18 heavy (non-hydrogen) atoms. The van der Waals surface area contributed by atoms with Crippen molar-refractivity contribution in [1.29, 1.82) is 0 Å². The van der Waals surface area contributed by atoms with E-state index >= 15 is 0 Å². The Morgan fingerprint density at radius 2 is 1.83 bits per heavy atom. The second-order valence-corrected chi connectivity index (χ2v) is 5.78. The number of para-hydroxylation sites is 1. The van der Waals surface area contributed by atoms with E-state index in [4.69, 9.17) is 0 Å². The fraction of sp³-hybridized carbons (Fsp3) is 0.250. The highest BCUT2D eigenvalue weighted by atomic mass is 79.9. The van der Waals surface area contributed by atoms with Crippen molar-refractivity contribution < 1.29 is 0 Å². The number of hydrogen-bond donors (Lipinski definition) is 1. The van der Waals surface area contributed by atoms with Crippen molar-refractivity contribution in [3.05, 3.63) is 64.1 Å². The Labute approximate surface area is 116 Å². The Hall–Kier alpha value is -1.28. The van der Waals surface area contributed by atoms with Gasteiger partial charge < -0.3 is 5.32 Å². The van der Waals surface area contributed by atoms with Gasteiger partial charge in [-0.25, -0.2) is 0 Å². The normalized spacial score (nSPS) is 18.2. The van der Waals surface area contributed by atoms with Crippen LogP contribution in [0.4, 0.5) is 5.69 Å². The molecule has 0 aliphatic heterocycles. The lowest BCUT2D eigenvalue weighted by Crippen LogP contribution is -2.27. The van der Waals surface area contributed by atoms with Crippen LogP contribution in [0.5, 0.6) is 0 Å². The van der Waals surface area contributed by atoms with E-state index in [0.717, 1.165) is 6.42 Å². The van der Waals surface area contributed by atoms with Crippen LogP contribution in [-0.2, 0) is 12.8 Å². The highest BCUT2D eigenvalue weighted by Crippen LogP contribution is 2.26. The zero-order chi connectivity index (χ0) is 12.4. The molecule has 1 unspecified atom stereocenters. The van der Waals surface area contributed by atoms with Gasteiger partial charge >= 0.3 is 0 Å². The zero-order valence-electron chi connectivity index (χ0n) is 10.2. The number of fused-ring (bicyclic) bond motifs is 1. The molecule has 0 aromatic heterocycles. The minimum atomic E-state index is 0.557. The van der Waals surface area contributed by atoms with Crippen molar-refractivity contribution in [3.8, 4) is 0 Å². The number of aryl methyl sites for hydroxylation is 1. The molecule has 0 amide bonds. The molecule has 2 aromatic rings. The molecule has 0 radical (unpaired) electrons. The fourth-order valence-corrected chi connectivity index (χ4v) is 3.03. The van der Waals surface area contributed by atoms with Crippen LogP contribution in [0, 0.1) is 0 Å². The van der Waals surface area contributed by atoms with Gasteiger partial charge in [-0.15, -0.1) is 0 Å². The average molecular weight is 302 g/mol. The third-order valence-electron chi connectivity index (χ3n) is 3.54. The van der Waals surface area contributed by atoms with Crippen LogP contribution in [-0.4, -0.2) is 6.04 Å². The smallest absolute Gasteiger partial charge is 0.0342 e. The number of hydrogen-bond acceptors (Lipinski definition) is 1. The Morgan fingerprint density at radius 1 is 1.00 bits per heavy atom. The van der Waals surface area contributed by atoms with Crippen molar-refractivity contribution in [2.45, 2.75) is 25.3 Å². The first kappa shape index (κ1) is 11.8. The van der Waals surface area contributed by atoms with Crippen LogP contribution in [0.3, 0.4) is 0 Å². The van der Waals surface area contributed by atoms with Crippen LogP contribution in [0.25, 0.3) is 0 Å². The summed E-state index contributed by atoms with van der Waals surface area (Å²) >= 11 is 3.54. The Morgan fingerprint density at radius 3 is 2.67 bits per heavy atom. The largest absolute Gasteiger partial charge is 0.382 e. The molecule has 0 spiro atoms. The standard InChI is InChI=1S/C16H16BrN/c17-14-8-6-13-11-16(9-7-12(13)10-14)18-15-4-2-1-3-5-15/h1-6,8,10,16,18H,7,9,11H2. The maximum atomic E-state index is 3.62. The molecule has 1 atom stereocenters. The lowest BCUT2D eigenvalue weighted by Gasteiger charge is -2.26. The Kier molecular flexibility index (Phi) is 3.37. The van der Waals surface area contributed by atoms with E-state index in [0.29, 0.717) is 6.04 Å². The summed E-state index contributed by atoms with van der Waals surface area (Å²) in [5, 5.41) is 3.62. The van der Waals surface area contributed by atoms with Crippen LogP contribution in [0.15, 0.2) is 53.0 Å². The van der Waals surface area contributed by atoms with E-state index in [1.807, 2.05) is 0 Å². The molecule has 0 saturated carbocycles. The summed E-state index contributed by atoms with van der Waals surface area (Å²) < 4.78 is 1.19. The van der Waals surface area contributed by atoms with E-state index in [1.165, 1.54) is 34.1 Å². The van der Waals surface area contributed by atoms with Crippen LogP contribution in [0.2, 0.25) is 0 Å². The second kappa shape index (κ2) is 5.15. The first-order valence-corrected chi connectivity index (χ1v) is 7.19. The van der Waals surface area contributed by atoms with Crippen molar-refractivity contribution in [2.75, 3.05) is 5.32 Å². The summed E-state index contributed by atoms with van der Waals surface area (Å²) in [6.45, 7) is 0. The summed E-state index contributed by atoms with van der Waals surface area (Å²) in [5.41, 5.74) is 4.21. The lowest BCUT2D eigenvalue weighted by atomic mass is 9.88. The monoisotopic (exact) mass is 301 g/mol. The van der Waals surface area contributed by atoms with Gasteiger partial charge in [-0.3, -0.25) is 0 Å². The quantitative estimate of drug-likeness (QED) is 0.866. The highest BCUT2D eigenvalue weighted by Gasteiger charge is 2.18. The molecule has 1 aliphatic rings. The molecule has 0 bridgehead atoms. The first-order valence-electron chi connectivity index (χ1n) is 6.40. The van der Waals surface area contributed by atoms with E-state index in [1.54, 1.807) is 0 Å². The summed E-state index contributed by atoms with van der Waals surface area (Å²) in [7, 11) is 0. The van der Waals surface area contributed by atoms with Crippen molar-refractivity contribution in [3.63, 3.8) is 0 Å². The maximum Gasteiger partial charge on any atom is 0.0342 e. The van der Waals surface area contributed by atoms with Crippen molar-refractivity contribution in [1.82, 2.24) is 0 Å². The van der Waals surface area contributed by atoms with Crippen LogP contribution < -0.4 is 5.32 Å². The summed E-state index contributed by atoms with van der Waals surface area (Å²) in [5.74, 6) is 0. The second-order valence-electron chi connectivity index (χ2n) is 4.86. The van der Waals surface area contributed by atoms with Gasteiger partial charge in [-0.1, -0.05) is 40.2 Å². The van der Waals surface area contributed by atoms with Gasteiger partial charge in [0.1, 0.15) is 0 Å². The number of benzene rings is 2. The molecule has 2 heteroatoms. The molecular formula is C16H16BrN. The van der Waals surface area contributed by atoms with Gasteiger partial charge in [-0.05, 0) is 54.7 Å². The molecule has 3 rings (SSSR count). The fourth-order valence-electron chi connectivity index (χ4n) is 2.62. The predicted octanol–water partition coefficient (Wildman–Crippen LogP) is 4.42. The van der Waals surface area contributed by atoms with Gasteiger partial charge in [-0.2, -0.15) is 0 Å². The minimum Gasteiger partial charge on any atom is -0.382 e. The van der Waals surface area contributed by atoms with Gasteiger partial charge in [0, 0.05) is 16.2 Å². The van der Waals surface area contributed by atoms with Gasteiger partial charge in [0.2, 0.25) is 0 Å². The van der Waals surface area contributed by atoms with Gasteiger partial charge in [0.25, 0.3) is 0 Å². The molecule has 1 N–H and O–H groups in total. The van der Waals surface area contributed by atoms with E-state index < -0.39 is 0 Å². The van der Waals surface area contributed by atoms with Crippen LogP contribution in [0.1, 0.15) is 17.5 Å². The molecule has 0 heterocycles. The topological polar surface area (TPSA) is 12.0 Å². The first-order chi connectivity index (χ1) is 8.81. The SMILES string of the molecule is Brc1ccc2c(c1)CCC(Nc1ccccc1)C2. The summed E-state index contributed by atoms with van der Waals surface area (Å²) in [6.07, 6.45) is 3.50. The van der Waals surface area contributed by atoms with Crippen molar-refractivity contribution in [2.24, 2.45) is 0 Å². The third kappa shape index (κ3) is 2.59. The van der Waals surface area contributed by atoms with Crippen LogP contribution >= 0.6 is 15.9 Å². The molecule has 0 saturated heterocycles. The molecule has 0 fully saturated rings. The third-order valence-corrected chi connectivity index (χ3v) is 4.03. The van der Waals surface area contributed by atoms with E-state index in [-0.39, 0.29) is 0 Å². The minimum absolute atomic E-state index is 0.557. The maximum absolute atomic E-state index is 3.62. The number of nitrogens with one attached hydrogen (secondary N) is 1. The van der Waals surface area contributed by atoms with E-state index in [2.05, 4.69) is 69.8 Å². The molecule has 1 aliphatic carbocycles.